The molecule has 0 aromatic heterocycles. The Bertz CT molecular complexity index is 276. The molecule has 0 spiro atoms. The van der Waals surface area contributed by atoms with Crippen LogP contribution < -0.4 is 10.6 Å². The minimum Gasteiger partial charge on any atom is -0.356 e. The molecule has 1 unspecified atom stereocenters. The third-order valence-corrected chi connectivity index (χ3v) is 4.00. The van der Waals surface area contributed by atoms with Gasteiger partial charge in [0.15, 0.2) is 0 Å². The van der Waals surface area contributed by atoms with Crippen LogP contribution in [-0.2, 0) is 4.79 Å². The molecule has 0 bridgehead atoms. The number of likely N-dealkylation sites (tertiary alicyclic amines) is 1. The zero-order chi connectivity index (χ0) is 13.0. The zero-order valence-electron chi connectivity index (χ0n) is 11.7. The Morgan fingerprint density at radius 1 is 1.33 bits per heavy atom. The maximum atomic E-state index is 11.7. The van der Waals surface area contributed by atoms with Crippen molar-refractivity contribution >= 4 is 5.91 Å². The Hall–Kier alpha value is -0.610. The lowest BCUT2D eigenvalue weighted by molar-refractivity contribution is -0.121. The molecule has 0 radical (unpaired) electrons. The predicted molar refractivity (Wildman–Crippen MR) is 73.5 cm³/mol. The van der Waals surface area contributed by atoms with E-state index in [-0.39, 0.29) is 5.91 Å². The fourth-order valence-corrected chi connectivity index (χ4v) is 2.52. The molecule has 1 heterocycles. The Kier molecular flexibility index (Phi) is 5.01. The first kappa shape index (κ1) is 13.8. The maximum Gasteiger partial charge on any atom is 0.221 e. The van der Waals surface area contributed by atoms with Gasteiger partial charge in [0.25, 0.3) is 0 Å². The number of hydrogen-bond acceptors (Lipinski definition) is 3. The van der Waals surface area contributed by atoms with Crippen LogP contribution in [0.25, 0.3) is 0 Å². The van der Waals surface area contributed by atoms with Crippen LogP contribution >= 0.6 is 0 Å². The highest BCUT2D eigenvalue weighted by Gasteiger charge is 2.24. The largest absolute Gasteiger partial charge is 0.356 e. The van der Waals surface area contributed by atoms with Gasteiger partial charge in [-0.1, -0.05) is 0 Å². The average Bonchev–Trinajstić information content (AvgIpc) is 3.02. The van der Waals surface area contributed by atoms with E-state index in [0.717, 1.165) is 19.6 Å². The molecule has 104 valence electrons. The molecule has 1 amide bonds. The van der Waals surface area contributed by atoms with Crippen LogP contribution in [0.5, 0.6) is 0 Å². The Morgan fingerprint density at radius 3 is 2.72 bits per heavy atom. The predicted octanol–water partition coefficient (Wildman–Crippen LogP) is 0.975. The first-order valence-electron chi connectivity index (χ1n) is 7.39. The lowest BCUT2D eigenvalue weighted by Gasteiger charge is -2.20. The number of amides is 1. The molecule has 1 aliphatic carbocycles. The van der Waals surface area contributed by atoms with E-state index in [1.807, 2.05) is 0 Å². The third kappa shape index (κ3) is 4.58. The standard InChI is InChI=1S/C14H27N3O/c1-11(2)17-8-6-12(10-17)9-16-14(18)5-7-15-13-3-4-13/h11-13,15H,3-10H2,1-2H3,(H,16,18). The molecule has 0 aromatic carbocycles. The van der Waals surface area contributed by atoms with Crippen molar-refractivity contribution in [2.75, 3.05) is 26.2 Å². The van der Waals surface area contributed by atoms with Crippen LogP contribution in [0.15, 0.2) is 0 Å². The smallest absolute Gasteiger partial charge is 0.221 e. The average molecular weight is 253 g/mol. The van der Waals surface area contributed by atoms with Gasteiger partial charge >= 0.3 is 0 Å². The van der Waals surface area contributed by atoms with E-state index in [2.05, 4.69) is 29.4 Å². The summed E-state index contributed by atoms with van der Waals surface area (Å²) in [5, 5.41) is 6.44. The van der Waals surface area contributed by atoms with E-state index in [9.17, 15) is 4.79 Å². The second kappa shape index (κ2) is 6.53. The van der Waals surface area contributed by atoms with Gasteiger partial charge in [0.05, 0.1) is 0 Å². The molecule has 1 atom stereocenters. The van der Waals surface area contributed by atoms with E-state index < -0.39 is 0 Å². The second-order valence-corrected chi connectivity index (χ2v) is 6.03. The topological polar surface area (TPSA) is 44.4 Å². The molecule has 0 aromatic rings. The number of nitrogens with one attached hydrogen (secondary N) is 2. The van der Waals surface area contributed by atoms with E-state index in [1.54, 1.807) is 0 Å². The summed E-state index contributed by atoms with van der Waals surface area (Å²) in [5.74, 6) is 0.846. The van der Waals surface area contributed by atoms with Gasteiger partial charge in [-0.05, 0) is 45.6 Å². The van der Waals surface area contributed by atoms with Crippen molar-refractivity contribution in [2.45, 2.75) is 51.6 Å². The highest BCUT2D eigenvalue weighted by molar-refractivity contribution is 5.76. The number of rotatable bonds is 7. The summed E-state index contributed by atoms with van der Waals surface area (Å²) in [6.07, 6.45) is 4.42. The van der Waals surface area contributed by atoms with Gasteiger partial charge in [0.2, 0.25) is 5.91 Å². The Labute approximate surface area is 110 Å². The van der Waals surface area contributed by atoms with E-state index in [4.69, 9.17) is 0 Å². The third-order valence-electron chi connectivity index (χ3n) is 4.00. The molecule has 2 fully saturated rings. The normalized spacial score (nSPS) is 24.7. The second-order valence-electron chi connectivity index (χ2n) is 6.03. The molecule has 1 saturated carbocycles. The van der Waals surface area contributed by atoms with Gasteiger partial charge in [0.1, 0.15) is 0 Å². The SMILES string of the molecule is CC(C)N1CCC(CNC(=O)CCNC2CC2)C1. The van der Waals surface area contributed by atoms with Crippen molar-refractivity contribution in [2.24, 2.45) is 5.92 Å². The fourth-order valence-electron chi connectivity index (χ4n) is 2.52. The Balaban J connectivity index is 1.52. The van der Waals surface area contributed by atoms with Crippen LogP contribution in [0.4, 0.5) is 0 Å². The van der Waals surface area contributed by atoms with Crippen LogP contribution in [-0.4, -0.2) is 49.1 Å². The summed E-state index contributed by atoms with van der Waals surface area (Å²) in [6, 6.07) is 1.33. The zero-order valence-corrected chi connectivity index (χ0v) is 11.7. The lowest BCUT2D eigenvalue weighted by Crippen LogP contribution is -2.34. The van der Waals surface area contributed by atoms with Gasteiger partial charge < -0.3 is 15.5 Å². The molecule has 2 aliphatic rings. The van der Waals surface area contributed by atoms with Crippen LogP contribution in [0.3, 0.4) is 0 Å². The van der Waals surface area contributed by atoms with Crippen LogP contribution in [0, 0.1) is 5.92 Å². The number of carbonyl (C=O) groups is 1. The number of hydrogen-bond donors (Lipinski definition) is 2. The molecular weight excluding hydrogens is 226 g/mol. The highest BCUT2D eigenvalue weighted by Crippen LogP contribution is 2.18. The minimum absolute atomic E-state index is 0.200. The van der Waals surface area contributed by atoms with Crippen LogP contribution in [0.2, 0.25) is 0 Å². The van der Waals surface area contributed by atoms with Gasteiger partial charge in [-0.15, -0.1) is 0 Å². The minimum atomic E-state index is 0.200. The highest BCUT2D eigenvalue weighted by atomic mass is 16.1. The molecule has 4 heteroatoms. The van der Waals surface area contributed by atoms with Gasteiger partial charge in [0, 0.05) is 38.1 Å². The van der Waals surface area contributed by atoms with E-state index >= 15 is 0 Å². The molecule has 1 saturated heterocycles. The number of nitrogens with zero attached hydrogens (tertiary/aromatic N) is 1. The summed E-state index contributed by atoms with van der Waals surface area (Å²) < 4.78 is 0. The first-order chi connectivity index (χ1) is 8.65. The summed E-state index contributed by atoms with van der Waals surface area (Å²) in [5.41, 5.74) is 0. The maximum absolute atomic E-state index is 11.7. The summed E-state index contributed by atoms with van der Waals surface area (Å²) in [6.45, 7) is 8.49. The molecule has 4 nitrogen and oxygen atoms in total. The molecule has 2 rings (SSSR count). The van der Waals surface area contributed by atoms with E-state index in [0.29, 0.717) is 24.4 Å². The van der Waals surface area contributed by atoms with E-state index in [1.165, 1.54) is 25.8 Å². The fraction of sp³-hybridized carbons (Fsp3) is 0.929. The lowest BCUT2D eigenvalue weighted by atomic mass is 10.1. The molecule has 1 aliphatic heterocycles. The summed E-state index contributed by atoms with van der Waals surface area (Å²) in [4.78, 5) is 14.1. The van der Waals surface area contributed by atoms with Gasteiger partial charge in [-0.3, -0.25) is 4.79 Å². The number of carbonyl (C=O) groups excluding carboxylic acids is 1. The molecule has 18 heavy (non-hydrogen) atoms. The van der Waals surface area contributed by atoms with Crippen molar-refractivity contribution < 1.29 is 4.79 Å². The van der Waals surface area contributed by atoms with Gasteiger partial charge in [-0.25, -0.2) is 0 Å². The van der Waals surface area contributed by atoms with Crippen molar-refractivity contribution in [1.29, 1.82) is 0 Å². The Morgan fingerprint density at radius 2 is 2.11 bits per heavy atom. The first-order valence-corrected chi connectivity index (χ1v) is 7.39. The quantitative estimate of drug-likeness (QED) is 0.711. The molecular formula is C14H27N3O. The molecule has 2 N–H and O–H groups in total. The van der Waals surface area contributed by atoms with Crippen molar-refractivity contribution in [3.8, 4) is 0 Å². The van der Waals surface area contributed by atoms with Crippen molar-refractivity contribution in [3.63, 3.8) is 0 Å². The summed E-state index contributed by atoms with van der Waals surface area (Å²) >= 11 is 0. The monoisotopic (exact) mass is 253 g/mol. The summed E-state index contributed by atoms with van der Waals surface area (Å²) in [7, 11) is 0. The van der Waals surface area contributed by atoms with Crippen LogP contribution in [0.1, 0.15) is 39.5 Å². The van der Waals surface area contributed by atoms with Gasteiger partial charge in [-0.2, -0.15) is 0 Å². The van der Waals surface area contributed by atoms with Crippen molar-refractivity contribution in [1.82, 2.24) is 15.5 Å². The van der Waals surface area contributed by atoms with Crippen molar-refractivity contribution in [3.05, 3.63) is 0 Å².